The lowest BCUT2D eigenvalue weighted by Gasteiger charge is -2.45. The zero-order valence-corrected chi connectivity index (χ0v) is 12.1. The number of halogens is 2. The van der Waals surface area contributed by atoms with E-state index in [1.54, 1.807) is 32.8 Å². The summed E-state index contributed by atoms with van der Waals surface area (Å²) in [5.74, 6) is -2.69. The standard InChI is InChI=1S/C13H26F2N2/c1-8-11(2,3)17-9-10(16(6)7)13(14,15)12(17,4)5/h10H,8-9H2,1-7H3/t10-/m0/s1. The Labute approximate surface area is 104 Å². The molecule has 1 aliphatic heterocycles. The second-order valence-corrected chi connectivity index (χ2v) is 6.44. The molecule has 102 valence electrons. The summed E-state index contributed by atoms with van der Waals surface area (Å²) in [6, 6.07) is -0.705. The van der Waals surface area contributed by atoms with Gasteiger partial charge in [-0.2, -0.15) is 0 Å². The SMILES string of the molecule is CCC(C)(C)N1C[C@H](N(C)C)C(F)(F)C1(C)C. The van der Waals surface area contributed by atoms with E-state index < -0.39 is 17.5 Å². The molecule has 0 aromatic carbocycles. The van der Waals surface area contributed by atoms with Gasteiger partial charge in [-0.3, -0.25) is 9.80 Å². The summed E-state index contributed by atoms with van der Waals surface area (Å²) in [6.07, 6.45) is 0.868. The van der Waals surface area contributed by atoms with Gasteiger partial charge in [-0.05, 0) is 48.2 Å². The lowest BCUT2D eigenvalue weighted by Crippen LogP contribution is -2.58. The summed E-state index contributed by atoms with van der Waals surface area (Å²) in [7, 11) is 3.47. The molecule has 0 radical (unpaired) electrons. The monoisotopic (exact) mass is 248 g/mol. The average Bonchev–Trinajstić information content (AvgIpc) is 2.34. The van der Waals surface area contributed by atoms with Crippen LogP contribution in [-0.4, -0.2) is 53.5 Å². The van der Waals surface area contributed by atoms with E-state index in [2.05, 4.69) is 6.92 Å². The van der Waals surface area contributed by atoms with Crippen LogP contribution in [0.4, 0.5) is 8.78 Å². The highest BCUT2D eigenvalue weighted by Gasteiger charge is 2.64. The summed E-state index contributed by atoms with van der Waals surface area (Å²) in [4.78, 5) is 3.61. The largest absolute Gasteiger partial charge is 0.300 e. The van der Waals surface area contributed by atoms with Crippen molar-refractivity contribution in [2.45, 2.75) is 64.1 Å². The minimum atomic E-state index is -2.69. The van der Waals surface area contributed by atoms with Crippen molar-refractivity contribution in [2.75, 3.05) is 20.6 Å². The smallest absolute Gasteiger partial charge is 0.281 e. The Kier molecular flexibility index (Phi) is 3.63. The molecule has 0 saturated carbocycles. The number of likely N-dealkylation sites (tertiary alicyclic amines) is 1. The van der Waals surface area contributed by atoms with Crippen LogP contribution < -0.4 is 0 Å². The minimum Gasteiger partial charge on any atom is -0.300 e. The molecule has 0 unspecified atom stereocenters. The van der Waals surface area contributed by atoms with Gasteiger partial charge in [-0.25, -0.2) is 8.78 Å². The molecular formula is C13H26F2N2. The van der Waals surface area contributed by atoms with E-state index >= 15 is 0 Å². The fourth-order valence-corrected chi connectivity index (χ4v) is 2.79. The van der Waals surface area contributed by atoms with E-state index in [4.69, 9.17) is 0 Å². The van der Waals surface area contributed by atoms with Crippen molar-refractivity contribution in [3.05, 3.63) is 0 Å². The van der Waals surface area contributed by atoms with Crippen LogP contribution in [0.5, 0.6) is 0 Å². The summed E-state index contributed by atoms with van der Waals surface area (Å²) in [5, 5.41) is 0. The Morgan fingerprint density at radius 2 is 1.76 bits per heavy atom. The summed E-state index contributed by atoms with van der Waals surface area (Å²) >= 11 is 0. The third-order valence-electron chi connectivity index (χ3n) is 4.48. The molecule has 1 rings (SSSR count). The summed E-state index contributed by atoms with van der Waals surface area (Å²) in [6.45, 7) is 9.89. The highest BCUT2D eigenvalue weighted by atomic mass is 19.3. The number of hydrogen-bond donors (Lipinski definition) is 0. The van der Waals surface area contributed by atoms with Crippen LogP contribution in [-0.2, 0) is 0 Å². The van der Waals surface area contributed by atoms with Crippen molar-refractivity contribution in [1.29, 1.82) is 0 Å². The summed E-state index contributed by atoms with van der Waals surface area (Å²) in [5.41, 5.74) is -1.29. The van der Waals surface area contributed by atoms with Crippen LogP contribution in [0.1, 0.15) is 41.0 Å². The molecule has 0 aromatic rings. The maximum absolute atomic E-state index is 14.5. The van der Waals surface area contributed by atoms with Crippen molar-refractivity contribution in [3.63, 3.8) is 0 Å². The third-order valence-corrected chi connectivity index (χ3v) is 4.48. The van der Waals surface area contributed by atoms with E-state index in [9.17, 15) is 8.78 Å². The first-order valence-corrected chi connectivity index (χ1v) is 6.30. The topological polar surface area (TPSA) is 6.48 Å². The number of likely N-dealkylation sites (N-methyl/N-ethyl adjacent to an activating group) is 1. The molecule has 0 amide bonds. The Bertz CT molecular complexity index is 285. The molecular weight excluding hydrogens is 222 g/mol. The third kappa shape index (κ3) is 2.10. The first-order valence-electron chi connectivity index (χ1n) is 6.30. The number of hydrogen-bond acceptors (Lipinski definition) is 2. The molecule has 1 fully saturated rings. The maximum Gasteiger partial charge on any atom is 0.281 e. The van der Waals surface area contributed by atoms with Gasteiger partial charge in [0.1, 0.15) is 0 Å². The van der Waals surface area contributed by atoms with Gasteiger partial charge < -0.3 is 0 Å². The van der Waals surface area contributed by atoms with Crippen molar-refractivity contribution < 1.29 is 8.78 Å². The van der Waals surface area contributed by atoms with E-state index in [0.29, 0.717) is 6.54 Å². The first-order chi connectivity index (χ1) is 7.48. The molecule has 2 nitrogen and oxygen atoms in total. The molecule has 1 heterocycles. The molecule has 0 bridgehead atoms. The minimum absolute atomic E-state index is 0.197. The van der Waals surface area contributed by atoms with Gasteiger partial charge in [0, 0.05) is 12.1 Å². The fourth-order valence-electron chi connectivity index (χ4n) is 2.79. The number of alkyl halides is 2. The van der Waals surface area contributed by atoms with Gasteiger partial charge in [0.25, 0.3) is 5.92 Å². The number of nitrogens with zero attached hydrogens (tertiary/aromatic N) is 2. The van der Waals surface area contributed by atoms with E-state index in [-0.39, 0.29) is 5.54 Å². The Morgan fingerprint density at radius 1 is 1.29 bits per heavy atom. The van der Waals surface area contributed by atoms with Gasteiger partial charge in [-0.1, -0.05) is 6.92 Å². The Balaban J connectivity index is 3.14. The zero-order valence-electron chi connectivity index (χ0n) is 12.1. The predicted octanol–water partition coefficient (Wildman–Crippen LogP) is 2.83. The summed E-state index contributed by atoms with van der Waals surface area (Å²) < 4.78 is 28.9. The van der Waals surface area contributed by atoms with Crippen molar-refractivity contribution in [1.82, 2.24) is 9.80 Å². The average molecular weight is 248 g/mol. The van der Waals surface area contributed by atoms with Gasteiger partial charge >= 0.3 is 0 Å². The van der Waals surface area contributed by atoms with Crippen molar-refractivity contribution in [2.24, 2.45) is 0 Å². The molecule has 1 aliphatic rings. The number of rotatable bonds is 3. The Morgan fingerprint density at radius 3 is 2.06 bits per heavy atom. The molecule has 0 aromatic heterocycles. The van der Waals surface area contributed by atoms with Crippen LogP contribution in [0.3, 0.4) is 0 Å². The second kappa shape index (κ2) is 4.16. The fraction of sp³-hybridized carbons (Fsp3) is 1.00. The van der Waals surface area contributed by atoms with Crippen LogP contribution in [0, 0.1) is 0 Å². The quantitative estimate of drug-likeness (QED) is 0.758. The lowest BCUT2D eigenvalue weighted by molar-refractivity contribution is -0.121. The van der Waals surface area contributed by atoms with E-state index in [1.807, 2.05) is 18.7 Å². The molecule has 1 saturated heterocycles. The van der Waals surface area contributed by atoms with Crippen LogP contribution in [0.25, 0.3) is 0 Å². The molecule has 4 heteroatoms. The normalized spacial score (nSPS) is 28.9. The van der Waals surface area contributed by atoms with Crippen molar-refractivity contribution >= 4 is 0 Å². The van der Waals surface area contributed by atoms with Gasteiger partial charge in [0.2, 0.25) is 0 Å². The van der Waals surface area contributed by atoms with Crippen molar-refractivity contribution in [3.8, 4) is 0 Å². The van der Waals surface area contributed by atoms with Crippen LogP contribution in [0.15, 0.2) is 0 Å². The lowest BCUT2D eigenvalue weighted by atomic mass is 9.90. The molecule has 0 aliphatic carbocycles. The Hall–Kier alpha value is -0.220. The molecule has 17 heavy (non-hydrogen) atoms. The maximum atomic E-state index is 14.5. The van der Waals surface area contributed by atoms with Crippen LogP contribution in [0.2, 0.25) is 0 Å². The molecule has 1 atom stereocenters. The van der Waals surface area contributed by atoms with E-state index in [1.165, 1.54) is 0 Å². The van der Waals surface area contributed by atoms with Gasteiger partial charge in [0.15, 0.2) is 0 Å². The highest BCUT2D eigenvalue weighted by molar-refractivity contribution is 5.12. The second-order valence-electron chi connectivity index (χ2n) is 6.44. The highest BCUT2D eigenvalue weighted by Crippen LogP contribution is 2.47. The van der Waals surface area contributed by atoms with E-state index in [0.717, 1.165) is 6.42 Å². The molecule has 0 spiro atoms. The zero-order chi connectivity index (χ0) is 13.6. The predicted molar refractivity (Wildman–Crippen MR) is 67.6 cm³/mol. The molecule has 0 N–H and O–H groups in total. The van der Waals surface area contributed by atoms with Gasteiger partial charge in [-0.15, -0.1) is 0 Å². The first kappa shape index (κ1) is 14.8. The van der Waals surface area contributed by atoms with Crippen LogP contribution >= 0.6 is 0 Å². The van der Waals surface area contributed by atoms with Gasteiger partial charge in [0.05, 0.1) is 11.6 Å².